The number of piperazine rings is 1. The summed E-state index contributed by atoms with van der Waals surface area (Å²) in [6.07, 6.45) is 3.94. The smallest absolute Gasteiger partial charge is 0.243 e. The lowest BCUT2D eigenvalue weighted by Crippen LogP contribution is -2.48. The van der Waals surface area contributed by atoms with E-state index in [1.54, 1.807) is 4.31 Å². The Balaban J connectivity index is 1.53. The van der Waals surface area contributed by atoms with E-state index in [0.29, 0.717) is 43.2 Å². The molecular weight excluding hydrogens is 408 g/mol. The lowest BCUT2D eigenvalue weighted by atomic mass is 10.0. The molecule has 1 fully saturated rings. The van der Waals surface area contributed by atoms with Gasteiger partial charge in [0.2, 0.25) is 10.0 Å². The van der Waals surface area contributed by atoms with Gasteiger partial charge in [-0.1, -0.05) is 12.1 Å². The molecule has 0 N–H and O–H groups in total. The van der Waals surface area contributed by atoms with Crippen LogP contribution in [0.3, 0.4) is 0 Å². The highest BCUT2D eigenvalue weighted by Crippen LogP contribution is 2.29. The molecule has 1 aliphatic rings. The maximum atomic E-state index is 13.5. The molecule has 1 aromatic carbocycles. The summed E-state index contributed by atoms with van der Waals surface area (Å²) in [6, 6.07) is 10.2. The maximum Gasteiger partial charge on any atom is 0.243 e. The monoisotopic (exact) mass is 436 g/mol. The molecule has 31 heavy (non-hydrogen) atoms. The van der Waals surface area contributed by atoms with Gasteiger partial charge in [0.25, 0.3) is 0 Å². The molecule has 0 unspecified atom stereocenters. The number of benzene rings is 1. The number of nitrogens with zero attached hydrogens (tertiary/aromatic N) is 4. The van der Waals surface area contributed by atoms with E-state index in [1.165, 1.54) is 0 Å². The van der Waals surface area contributed by atoms with E-state index in [9.17, 15) is 13.7 Å². The fourth-order valence-corrected chi connectivity index (χ4v) is 6.49. The Morgan fingerprint density at radius 1 is 1.00 bits per heavy atom. The van der Waals surface area contributed by atoms with Crippen LogP contribution in [0.5, 0.6) is 0 Å². The standard InChI is InChI=1S/C24H28N4O2S/c1-17-13-18(2)20(4)24(19(17)3)31(29,30)28-11-9-26(10-12-28)15-21-16-27-8-6-5-7-23(27)22(21)14-25/h5-8,13,16H,9-12,15H2,1-4H3. The van der Waals surface area contributed by atoms with E-state index >= 15 is 0 Å². The van der Waals surface area contributed by atoms with Crippen LogP contribution in [-0.2, 0) is 16.6 Å². The number of sulfonamides is 1. The molecule has 162 valence electrons. The van der Waals surface area contributed by atoms with Gasteiger partial charge >= 0.3 is 0 Å². The summed E-state index contributed by atoms with van der Waals surface area (Å²) in [5, 5.41) is 9.64. The number of rotatable bonds is 4. The van der Waals surface area contributed by atoms with Crippen molar-refractivity contribution >= 4 is 15.5 Å². The molecule has 0 amide bonds. The zero-order chi connectivity index (χ0) is 22.3. The average Bonchev–Trinajstić information content (AvgIpc) is 3.09. The highest BCUT2D eigenvalue weighted by atomic mass is 32.2. The van der Waals surface area contributed by atoms with Crippen molar-refractivity contribution in [2.24, 2.45) is 0 Å². The van der Waals surface area contributed by atoms with E-state index in [-0.39, 0.29) is 0 Å². The lowest BCUT2D eigenvalue weighted by Gasteiger charge is -2.34. The lowest BCUT2D eigenvalue weighted by molar-refractivity contribution is 0.181. The molecule has 1 saturated heterocycles. The summed E-state index contributed by atoms with van der Waals surface area (Å²) in [7, 11) is -3.55. The van der Waals surface area contributed by atoms with Crippen molar-refractivity contribution < 1.29 is 8.42 Å². The van der Waals surface area contributed by atoms with Crippen molar-refractivity contribution in [3.05, 3.63) is 70.0 Å². The number of pyridine rings is 1. The second-order valence-corrected chi connectivity index (χ2v) is 10.3. The molecule has 0 bridgehead atoms. The number of hydrogen-bond donors (Lipinski definition) is 0. The van der Waals surface area contributed by atoms with E-state index in [4.69, 9.17) is 0 Å². The first-order chi connectivity index (χ1) is 14.7. The minimum atomic E-state index is -3.55. The van der Waals surface area contributed by atoms with Gasteiger partial charge in [0.05, 0.1) is 16.0 Å². The Labute approximate surface area is 184 Å². The summed E-state index contributed by atoms with van der Waals surface area (Å²) in [6.45, 7) is 10.5. The van der Waals surface area contributed by atoms with E-state index in [0.717, 1.165) is 33.3 Å². The van der Waals surface area contributed by atoms with Crippen molar-refractivity contribution in [1.29, 1.82) is 5.26 Å². The van der Waals surface area contributed by atoms with Crippen molar-refractivity contribution in [2.45, 2.75) is 39.1 Å². The first kappa shape index (κ1) is 21.6. The summed E-state index contributed by atoms with van der Waals surface area (Å²) >= 11 is 0. The molecule has 0 spiro atoms. The van der Waals surface area contributed by atoms with Gasteiger partial charge in [0.1, 0.15) is 6.07 Å². The molecule has 1 aliphatic heterocycles. The predicted octanol–water partition coefficient (Wildman–Crippen LogP) is 3.55. The number of nitriles is 1. The van der Waals surface area contributed by atoms with E-state index in [2.05, 4.69) is 17.0 Å². The van der Waals surface area contributed by atoms with Gasteiger partial charge in [-0.2, -0.15) is 9.57 Å². The van der Waals surface area contributed by atoms with Crippen molar-refractivity contribution in [1.82, 2.24) is 13.6 Å². The SMILES string of the molecule is Cc1cc(C)c(C)c(S(=O)(=O)N2CCN(Cc3cn4ccccc4c3C#N)CC2)c1C. The first-order valence-electron chi connectivity index (χ1n) is 10.5. The number of hydrogen-bond acceptors (Lipinski definition) is 4. The minimum absolute atomic E-state index is 0.448. The summed E-state index contributed by atoms with van der Waals surface area (Å²) in [5.41, 5.74) is 6.26. The third kappa shape index (κ3) is 3.76. The predicted molar refractivity (Wildman–Crippen MR) is 122 cm³/mol. The fraction of sp³-hybridized carbons (Fsp3) is 0.375. The summed E-state index contributed by atoms with van der Waals surface area (Å²) in [4.78, 5) is 2.69. The van der Waals surface area contributed by atoms with Crippen LogP contribution in [0.2, 0.25) is 0 Å². The normalized spacial score (nSPS) is 16.0. The Bertz CT molecular complexity index is 1270. The molecule has 0 saturated carbocycles. The second-order valence-electron chi connectivity index (χ2n) is 8.40. The summed E-state index contributed by atoms with van der Waals surface area (Å²) in [5.74, 6) is 0. The van der Waals surface area contributed by atoms with Gasteiger partial charge in [-0.05, 0) is 62.1 Å². The highest BCUT2D eigenvalue weighted by Gasteiger charge is 2.32. The van der Waals surface area contributed by atoms with Crippen molar-refractivity contribution in [2.75, 3.05) is 26.2 Å². The zero-order valence-electron chi connectivity index (χ0n) is 18.5. The van der Waals surface area contributed by atoms with Gasteiger partial charge in [0.15, 0.2) is 0 Å². The first-order valence-corrected chi connectivity index (χ1v) is 12.0. The van der Waals surface area contributed by atoms with Crippen LogP contribution in [0, 0.1) is 39.0 Å². The van der Waals surface area contributed by atoms with Crippen LogP contribution in [0.1, 0.15) is 33.4 Å². The van der Waals surface area contributed by atoms with Crippen LogP contribution in [0.25, 0.3) is 5.52 Å². The second kappa shape index (κ2) is 8.12. The Morgan fingerprint density at radius 3 is 2.26 bits per heavy atom. The van der Waals surface area contributed by atoms with E-state index in [1.807, 2.05) is 62.7 Å². The van der Waals surface area contributed by atoms with Crippen LogP contribution in [0.15, 0.2) is 41.6 Å². The number of aryl methyl sites for hydroxylation is 2. The molecular formula is C24H28N4O2S. The van der Waals surface area contributed by atoms with Gasteiger partial charge < -0.3 is 4.40 Å². The zero-order valence-corrected chi connectivity index (χ0v) is 19.3. The van der Waals surface area contributed by atoms with Gasteiger partial charge in [-0.15, -0.1) is 0 Å². The van der Waals surface area contributed by atoms with Crippen LogP contribution in [0.4, 0.5) is 0 Å². The highest BCUT2D eigenvalue weighted by molar-refractivity contribution is 7.89. The minimum Gasteiger partial charge on any atom is -0.322 e. The van der Waals surface area contributed by atoms with Gasteiger partial charge in [-0.3, -0.25) is 4.90 Å². The Hall–Kier alpha value is -2.66. The molecule has 2 aromatic heterocycles. The average molecular weight is 437 g/mol. The topological polar surface area (TPSA) is 68.8 Å². The molecule has 6 nitrogen and oxygen atoms in total. The molecule has 3 aromatic rings. The molecule has 3 heterocycles. The molecule has 4 rings (SSSR count). The van der Waals surface area contributed by atoms with Gasteiger partial charge in [0, 0.05) is 50.7 Å². The molecule has 7 heteroatoms. The molecule has 0 atom stereocenters. The third-order valence-corrected chi connectivity index (χ3v) is 8.67. The largest absolute Gasteiger partial charge is 0.322 e. The molecule has 0 aliphatic carbocycles. The quantitative estimate of drug-likeness (QED) is 0.627. The maximum absolute atomic E-state index is 13.5. The van der Waals surface area contributed by atoms with Crippen LogP contribution in [-0.4, -0.2) is 48.2 Å². The Kier molecular flexibility index (Phi) is 5.65. The number of fused-ring (bicyclic) bond motifs is 1. The molecule has 0 radical (unpaired) electrons. The third-order valence-electron chi connectivity index (χ3n) is 6.49. The van der Waals surface area contributed by atoms with Crippen LogP contribution < -0.4 is 0 Å². The Morgan fingerprint density at radius 2 is 1.65 bits per heavy atom. The van der Waals surface area contributed by atoms with Crippen molar-refractivity contribution in [3.8, 4) is 6.07 Å². The summed E-state index contributed by atoms with van der Waals surface area (Å²) < 4.78 is 30.5. The fourth-order valence-electron chi connectivity index (χ4n) is 4.49. The van der Waals surface area contributed by atoms with Gasteiger partial charge in [-0.25, -0.2) is 8.42 Å². The van der Waals surface area contributed by atoms with Crippen molar-refractivity contribution in [3.63, 3.8) is 0 Å². The number of aromatic nitrogens is 1. The van der Waals surface area contributed by atoms with E-state index < -0.39 is 10.0 Å². The van der Waals surface area contributed by atoms with Crippen LogP contribution >= 0.6 is 0 Å².